The molecule has 3 heterocycles. The van der Waals surface area contributed by atoms with E-state index >= 15 is 0 Å². The SMILES string of the molecule is Cc1ccc(-n2nc(C(=O)N3CCCC(C)C3)c3c4ccccc4n(C)c3c2=O)cc1. The van der Waals surface area contributed by atoms with E-state index in [1.807, 2.05) is 72.0 Å². The Morgan fingerprint density at radius 3 is 2.58 bits per heavy atom. The van der Waals surface area contributed by atoms with Crippen molar-refractivity contribution in [2.75, 3.05) is 13.1 Å². The van der Waals surface area contributed by atoms with Gasteiger partial charge in [-0.3, -0.25) is 9.59 Å². The lowest BCUT2D eigenvalue weighted by molar-refractivity contribution is 0.0677. The van der Waals surface area contributed by atoms with Crippen LogP contribution in [0, 0.1) is 12.8 Å². The van der Waals surface area contributed by atoms with Gasteiger partial charge in [0.1, 0.15) is 5.52 Å². The quantitative estimate of drug-likeness (QED) is 0.497. The maximum absolute atomic E-state index is 13.7. The maximum atomic E-state index is 13.7. The second-order valence-electron chi connectivity index (χ2n) is 8.70. The Kier molecular flexibility index (Phi) is 4.65. The molecule has 31 heavy (non-hydrogen) atoms. The minimum absolute atomic E-state index is 0.103. The Bertz CT molecular complexity index is 1360. The van der Waals surface area contributed by atoms with Crippen molar-refractivity contribution < 1.29 is 4.79 Å². The van der Waals surface area contributed by atoms with E-state index in [9.17, 15) is 9.59 Å². The highest BCUT2D eigenvalue weighted by Gasteiger charge is 2.28. The van der Waals surface area contributed by atoms with Gasteiger partial charge in [-0.1, -0.05) is 42.8 Å². The summed E-state index contributed by atoms with van der Waals surface area (Å²) in [7, 11) is 1.88. The molecule has 1 aliphatic heterocycles. The number of likely N-dealkylation sites (tertiary alicyclic amines) is 1. The minimum Gasteiger partial charge on any atom is -0.339 e. The lowest BCUT2D eigenvalue weighted by Crippen LogP contribution is -2.40. The van der Waals surface area contributed by atoms with Crippen molar-refractivity contribution in [3.8, 4) is 5.69 Å². The number of nitrogens with zero attached hydrogens (tertiary/aromatic N) is 4. The largest absolute Gasteiger partial charge is 0.339 e. The molecule has 6 heteroatoms. The second-order valence-corrected chi connectivity index (χ2v) is 8.70. The highest BCUT2D eigenvalue weighted by atomic mass is 16.2. The number of amides is 1. The van der Waals surface area contributed by atoms with Gasteiger partial charge in [-0.05, 0) is 43.9 Å². The monoisotopic (exact) mass is 414 g/mol. The molecule has 0 spiro atoms. The number of aryl methyl sites for hydroxylation is 2. The summed E-state index contributed by atoms with van der Waals surface area (Å²) in [5.41, 5.74) is 3.30. The number of para-hydroxylation sites is 1. The summed E-state index contributed by atoms with van der Waals surface area (Å²) in [6, 6.07) is 15.5. The lowest BCUT2D eigenvalue weighted by Gasteiger charge is -2.30. The molecule has 0 bridgehead atoms. The fourth-order valence-corrected chi connectivity index (χ4v) is 4.71. The normalized spacial score (nSPS) is 16.9. The van der Waals surface area contributed by atoms with Crippen LogP contribution < -0.4 is 5.56 Å². The molecule has 0 N–H and O–H groups in total. The Morgan fingerprint density at radius 1 is 1.10 bits per heavy atom. The molecule has 5 rings (SSSR count). The summed E-state index contributed by atoms with van der Waals surface area (Å²) in [6.07, 6.45) is 2.12. The Morgan fingerprint density at radius 2 is 1.84 bits per heavy atom. The summed E-state index contributed by atoms with van der Waals surface area (Å²) in [6.45, 7) is 5.62. The summed E-state index contributed by atoms with van der Waals surface area (Å²) >= 11 is 0. The van der Waals surface area contributed by atoms with Crippen molar-refractivity contribution in [2.45, 2.75) is 26.7 Å². The van der Waals surface area contributed by atoms with Crippen molar-refractivity contribution in [1.82, 2.24) is 19.2 Å². The van der Waals surface area contributed by atoms with Crippen LogP contribution >= 0.6 is 0 Å². The van der Waals surface area contributed by atoms with E-state index in [4.69, 9.17) is 0 Å². The zero-order chi connectivity index (χ0) is 21.7. The fourth-order valence-electron chi connectivity index (χ4n) is 4.71. The number of carbonyl (C=O) groups excluding carboxylic acids is 1. The van der Waals surface area contributed by atoms with Crippen LogP contribution in [0.2, 0.25) is 0 Å². The highest BCUT2D eigenvalue weighted by molar-refractivity contribution is 6.16. The predicted octanol–water partition coefficient (Wildman–Crippen LogP) is 4.06. The first-order chi connectivity index (χ1) is 15.0. The molecular weight excluding hydrogens is 388 g/mol. The smallest absolute Gasteiger partial charge is 0.296 e. The maximum Gasteiger partial charge on any atom is 0.296 e. The van der Waals surface area contributed by atoms with Crippen LogP contribution in [0.1, 0.15) is 35.8 Å². The van der Waals surface area contributed by atoms with Crippen LogP contribution in [-0.4, -0.2) is 38.2 Å². The number of piperidine rings is 1. The van der Waals surface area contributed by atoms with E-state index in [0.29, 0.717) is 28.2 Å². The summed E-state index contributed by atoms with van der Waals surface area (Å²) in [4.78, 5) is 29.2. The molecule has 0 aliphatic carbocycles. The molecule has 1 saturated heterocycles. The number of fused-ring (bicyclic) bond motifs is 3. The van der Waals surface area contributed by atoms with Gasteiger partial charge in [-0.2, -0.15) is 9.78 Å². The first kappa shape index (κ1) is 19.5. The van der Waals surface area contributed by atoms with E-state index in [1.165, 1.54) is 4.68 Å². The zero-order valence-corrected chi connectivity index (χ0v) is 18.1. The molecule has 1 atom stereocenters. The van der Waals surface area contributed by atoms with E-state index in [-0.39, 0.29) is 11.5 Å². The highest BCUT2D eigenvalue weighted by Crippen LogP contribution is 2.30. The summed E-state index contributed by atoms with van der Waals surface area (Å²) < 4.78 is 3.26. The molecule has 1 aliphatic rings. The van der Waals surface area contributed by atoms with Gasteiger partial charge >= 0.3 is 0 Å². The third-order valence-corrected chi connectivity index (χ3v) is 6.36. The second kappa shape index (κ2) is 7.38. The van der Waals surface area contributed by atoms with Crippen LogP contribution in [0.4, 0.5) is 0 Å². The molecule has 6 nitrogen and oxygen atoms in total. The van der Waals surface area contributed by atoms with Crippen molar-refractivity contribution in [2.24, 2.45) is 13.0 Å². The van der Waals surface area contributed by atoms with E-state index in [0.717, 1.165) is 42.4 Å². The number of benzene rings is 2. The van der Waals surface area contributed by atoms with Gasteiger partial charge in [0.25, 0.3) is 11.5 Å². The number of rotatable bonds is 2. The molecule has 2 aromatic heterocycles. The Hall–Kier alpha value is -3.41. The average molecular weight is 415 g/mol. The van der Waals surface area contributed by atoms with Crippen LogP contribution in [0.5, 0.6) is 0 Å². The molecule has 0 radical (unpaired) electrons. The number of carbonyl (C=O) groups is 1. The first-order valence-electron chi connectivity index (χ1n) is 10.8. The summed E-state index contributed by atoms with van der Waals surface area (Å²) in [5.74, 6) is 0.359. The van der Waals surface area contributed by atoms with E-state index < -0.39 is 0 Å². The van der Waals surface area contributed by atoms with Crippen molar-refractivity contribution in [1.29, 1.82) is 0 Å². The fraction of sp³-hybridized carbons (Fsp3) is 0.320. The van der Waals surface area contributed by atoms with Crippen LogP contribution in [0.15, 0.2) is 53.3 Å². The molecule has 1 unspecified atom stereocenters. The predicted molar refractivity (Wildman–Crippen MR) is 123 cm³/mol. The Labute approximate surface area is 180 Å². The van der Waals surface area contributed by atoms with Gasteiger partial charge in [0.15, 0.2) is 5.69 Å². The zero-order valence-electron chi connectivity index (χ0n) is 18.1. The lowest BCUT2D eigenvalue weighted by atomic mass is 9.99. The van der Waals surface area contributed by atoms with Gasteiger partial charge in [0, 0.05) is 36.4 Å². The third-order valence-electron chi connectivity index (χ3n) is 6.36. The van der Waals surface area contributed by atoms with Crippen LogP contribution in [0.3, 0.4) is 0 Å². The van der Waals surface area contributed by atoms with Crippen molar-refractivity contribution in [3.05, 3.63) is 70.1 Å². The topological polar surface area (TPSA) is 60.1 Å². The van der Waals surface area contributed by atoms with E-state index in [2.05, 4.69) is 12.0 Å². The molecular formula is C25H26N4O2. The number of hydrogen-bond acceptors (Lipinski definition) is 3. The summed E-state index contributed by atoms with van der Waals surface area (Å²) in [5, 5.41) is 6.19. The number of aromatic nitrogens is 3. The van der Waals surface area contributed by atoms with Crippen molar-refractivity contribution >= 4 is 27.7 Å². The van der Waals surface area contributed by atoms with Gasteiger partial charge in [-0.25, -0.2) is 0 Å². The number of hydrogen-bond donors (Lipinski definition) is 0. The van der Waals surface area contributed by atoms with E-state index in [1.54, 1.807) is 0 Å². The Balaban J connectivity index is 1.83. The van der Waals surface area contributed by atoms with Crippen molar-refractivity contribution in [3.63, 3.8) is 0 Å². The molecule has 4 aromatic rings. The van der Waals surface area contributed by atoms with Crippen LogP contribution in [0.25, 0.3) is 27.5 Å². The van der Waals surface area contributed by atoms with Gasteiger partial charge in [0.05, 0.1) is 5.69 Å². The molecule has 2 aromatic carbocycles. The molecule has 1 fully saturated rings. The molecule has 0 saturated carbocycles. The first-order valence-corrected chi connectivity index (χ1v) is 10.8. The van der Waals surface area contributed by atoms with Crippen LogP contribution in [-0.2, 0) is 7.05 Å². The average Bonchev–Trinajstić information content (AvgIpc) is 3.08. The van der Waals surface area contributed by atoms with Gasteiger partial charge < -0.3 is 9.47 Å². The molecule has 1 amide bonds. The molecule has 158 valence electrons. The van der Waals surface area contributed by atoms with Gasteiger partial charge in [-0.15, -0.1) is 0 Å². The van der Waals surface area contributed by atoms with Gasteiger partial charge in [0.2, 0.25) is 0 Å². The third kappa shape index (κ3) is 3.14. The standard InChI is InChI=1S/C25H26N4O2/c1-16-10-12-18(13-11-16)29-25(31)23-21(19-8-4-5-9-20(19)27(23)3)22(26-29)24(30)28-14-6-7-17(2)15-28/h4-5,8-13,17H,6-7,14-15H2,1-3H3. The minimum atomic E-state index is -0.221.